The van der Waals surface area contributed by atoms with Crippen molar-refractivity contribution in [3.63, 3.8) is 0 Å². The maximum Gasteiger partial charge on any atom is 0.305 e. The van der Waals surface area contributed by atoms with Crippen molar-refractivity contribution >= 4 is 35.2 Å². The average molecular weight is 326 g/mol. The molecule has 0 heterocycles. The van der Waals surface area contributed by atoms with Gasteiger partial charge in [-0.2, -0.15) is 0 Å². The summed E-state index contributed by atoms with van der Waals surface area (Å²) in [6.45, 7) is 0.270. The molecule has 0 aliphatic heterocycles. The van der Waals surface area contributed by atoms with Gasteiger partial charge in [-0.3, -0.25) is 4.79 Å². The van der Waals surface area contributed by atoms with Crippen LogP contribution in [0.5, 0.6) is 0 Å². The Labute approximate surface area is 131 Å². The zero-order chi connectivity index (χ0) is 15.2. The highest BCUT2D eigenvalue weighted by atomic mass is 35.5. The average Bonchev–Trinajstić information content (AvgIpc) is 2.45. The molecular formula is C15H13ClFNO2S. The molecule has 0 aliphatic carbocycles. The van der Waals surface area contributed by atoms with Gasteiger partial charge in [0.2, 0.25) is 0 Å². The molecule has 0 radical (unpaired) electrons. The van der Waals surface area contributed by atoms with Gasteiger partial charge in [0.15, 0.2) is 0 Å². The van der Waals surface area contributed by atoms with Crippen LogP contribution in [0.1, 0.15) is 6.42 Å². The third-order valence-electron chi connectivity index (χ3n) is 2.65. The van der Waals surface area contributed by atoms with Crippen LogP contribution >= 0.6 is 23.5 Å². The van der Waals surface area contributed by atoms with E-state index in [9.17, 15) is 9.18 Å². The number of anilines is 1. The first-order valence-electron chi connectivity index (χ1n) is 6.23. The first kappa shape index (κ1) is 15.7. The molecule has 2 rings (SSSR count). The molecule has 0 unspecified atom stereocenters. The van der Waals surface area contributed by atoms with Crippen molar-refractivity contribution in [1.29, 1.82) is 0 Å². The summed E-state index contributed by atoms with van der Waals surface area (Å²) in [6, 6.07) is 13.3. The highest BCUT2D eigenvalue weighted by Gasteiger charge is 2.11. The van der Waals surface area contributed by atoms with Gasteiger partial charge in [0.1, 0.15) is 5.82 Å². The Morgan fingerprint density at radius 3 is 2.57 bits per heavy atom. The number of benzene rings is 2. The van der Waals surface area contributed by atoms with Crippen LogP contribution < -0.4 is 4.31 Å². The summed E-state index contributed by atoms with van der Waals surface area (Å²) < 4.78 is 15.1. The molecule has 0 aliphatic rings. The smallest absolute Gasteiger partial charge is 0.305 e. The van der Waals surface area contributed by atoms with Crippen LogP contribution in [0.3, 0.4) is 0 Å². The SMILES string of the molecule is O=C(O)CCN(Sc1ccc(Cl)cc1)c1cccc(F)c1. The van der Waals surface area contributed by atoms with Crippen LogP contribution in [0.15, 0.2) is 53.4 Å². The molecule has 3 nitrogen and oxygen atoms in total. The third-order valence-corrected chi connectivity index (χ3v) is 4.00. The largest absolute Gasteiger partial charge is 0.481 e. The van der Waals surface area contributed by atoms with E-state index < -0.39 is 5.97 Å². The van der Waals surface area contributed by atoms with E-state index in [1.54, 1.807) is 28.6 Å². The van der Waals surface area contributed by atoms with E-state index in [0.717, 1.165) is 4.90 Å². The fourth-order valence-corrected chi connectivity index (χ4v) is 2.72. The summed E-state index contributed by atoms with van der Waals surface area (Å²) in [5, 5.41) is 9.47. The molecule has 0 saturated heterocycles. The Morgan fingerprint density at radius 1 is 1.24 bits per heavy atom. The van der Waals surface area contributed by atoms with Gasteiger partial charge in [0.25, 0.3) is 0 Å². The molecule has 1 N–H and O–H groups in total. The maximum atomic E-state index is 13.3. The minimum absolute atomic E-state index is 0.0307. The summed E-state index contributed by atoms with van der Waals surface area (Å²) in [4.78, 5) is 11.7. The molecule has 6 heteroatoms. The van der Waals surface area contributed by atoms with Gasteiger partial charge in [-0.1, -0.05) is 17.7 Å². The van der Waals surface area contributed by atoms with Crippen molar-refractivity contribution in [2.45, 2.75) is 11.3 Å². The van der Waals surface area contributed by atoms with Crippen LogP contribution in [0, 0.1) is 5.82 Å². The number of nitrogens with zero attached hydrogens (tertiary/aromatic N) is 1. The van der Waals surface area contributed by atoms with Crippen molar-refractivity contribution in [2.75, 3.05) is 10.8 Å². The van der Waals surface area contributed by atoms with Crippen LogP contribution in [0.25, 0.3) is 0 Å². The van der Waals surface area contributed by atoms with Crippen molar-refractivity contribution < 1.29 is 14.3 Å². The van der Waals surface area contributed by atoms with E-state index in [1.165, 1.54) is 24.1 Å². The normalized spacial score (nSPS) is 10.4. The number of carbonyl (C=O) groups is 1. The van der Waals surface area contributed by atoms with E-state index in [0.29, 0.717) is 10.7 Å². The zero-order valence-electron chi connectivity index (χ0n) is 11.0. The van der Waals surface area contributed by atoms with E-state index in [4.69, 9.17) is 16.7 Å². The van der Waals surface area contributed by atoms with Gasteiger partial charge in [0, 0.05) is 16.5 Å². The molecule has 0 aromatic heterocycles. The molecule has 21 heavy (non-hydrogen) atoms. The maximum absolute atomic E-state index is 13.3. The number of hydrogen-bond donors (Lipinski definition) is 1. The second kappa shape index (κ2) is 7.33. The molecule has 0 bridgehead atoms. The molecule has 0 atom stereocenters. The zero-order valence-corrected chi connectivity index (χ0v) is 12.6. The fraction of sp³-hybridized carbons (Fsp3) is 0.133. The van der Waals surface area contributed by atoms with Crippen LogP contribution in [-0.4, -0.2) is 17.6 Å². The Kier molecular flexibility index (Phi) is 5.47. The Morgan fingerprint density at radius 2 is 1.95 bits per heavy atom. The number of rotatable bonds is 6. The Hall–Kier alpha value is -1.72. The second-order valence-electron chi connectivity index (χ2n) is 4.27. The standard InChI is InChI=1S/C15H13ClFNO2S/c16-11-4-6-14(7-5-11)21-18(9-8-15(19)20)13-3-1-2-12(17)10-13/h1-7,10H,8-9H2,(H,19,20). The van der Waals surface area contributed by atoms with Gasteiger partial charge in [0.05, 0.1) is 12.1 Å². The van der Waals surface area contributed by atoms with Crippen LogP contribution in [0.2, 0.25) is 5.02 Å². The predicted octanol–water partition coefficient (Wildman–Crippen LogP) is 4.47. The minimum atomic E-state index is -0.895. The van der Waals surface area contributed by atoms with Crippen LogP contribution in [0.4, 0.5) is 10.1 Å². The number of carboxylic acids is 1. The van der Waals surface area contributed by atoms with Gasteiger partial charge in [-0.25, -0.2) is 4.39 Å². The van der Waals surface area contributed by atoms with E-state index in [1.807, 2.05) is 12.1 Å². The Bertz CT molecular complexity index is 621. The quantitative estimate of drug-likeness (QED) is 0.796. The number of carboxylic acid groups (broad SMARTS) is 1. The van der Waals surface area contributed by atoms with Gasteiger partial charge >= 0.3 is 5.97 Å². The van der Waals surface area contributed by atoms with Gasteiger partial charge < -0.3 is 9.41 Å². The lowest BCUT2D eigenvalue weighted by molar-refractivity contribution is -0.136. The summed E-state index contributed by atoms with van der Waals surface area (Å²) in [5.41, 5.74) is 0.621. The van der Waals surface area contributed by atoms with Gasteiger partial charge in [-0.15, -0.1) is 0 Å². The van der Waals surface area contributed by atoms with E-state index in [-0.39, 0.29) is 18.8 Å². The summed E-state index contributed by atoms with van der Waals surface area (Å²) >= 11 is 7.18. The molecule has 2 aromatic carbocycles. The highest BCUT2D eigenvalue weighted by molar-refractivity contribution is 8.00. The first-order valence-corrected chi connectivity index (χ1v) is 7.38. The number of hydrogen-bond acceptors (Lipinski definition) is 3. The Balaban J connectivity index is 2.19. The van der Waals surface area contributed by atoms with E-state index >= 15 is 0 Å². The topological polar surface area (TPSA) is 40.5 Å². The van der Waals surface area contributed by atoms with Crippen LogP contribution in [-0.2, 0) is 4.79 Å². The second-order valence-corrected chi connectivity index (χ2v) is 5.80. The monoisotopic (exact) mass is 325 g/mol. The molecule has 0 amide bonds. The van der Waals surface area contributed by atoms with E-state index in [2.05, 4.69) is 0 Å². The van der Waals surface area contributed by atoms with Crippen molar-refractivity contribution in [3.05, 3.63) is 59.4 Å². The number of aliphatic carboxylic acids is 1. The molecular weight excluding hydrogens is 313 g/mol. The fourth-order valence-electron chi connectivity index (χ4n) is 1.68. The molecule has 0 spiro atoms. The molecule has 0 saturated carbocycles. The lowest BCUT2D eigenvalue weighted by atomic mass is 10.3. The minimum Gasteiger partial charge on any atom is -0.481 e. The summed E-state index contributed by atoms with van der Waals surface area (Å²) in [6.07, 6.45) is -0.0307. The lowest BCUT2D eigenvalue weighted by Gasteiger charge is -2.22. The van der Waals surface area contributed by atoms with Crippen molar-refractivity contribution in [2.24, 2.45) is 0 Å². The summed E-state index contributed by atoms with van der Waals surface area (Å²) in [7, 11) is 0. The van der Waals surface area contributed by atoms with Crippen molar-refractivity contribution in [1.82, 2.24) is 0 Å². The molecule has 2 aromatic rings. The molecule has 110 valence electrons. The van der Waals surface area contributed by atoms with Crippen molar-refractivity contribution in [3.8, 4) is 0 Å². The number of halogens is 2. The summed E-state index contributed by atoms with van der Waals surface area (Å²) in [5.74, 6) is -1.25. The third kappa shape index (κ3) is 4.95. The first-order chi connectivity index (χ1) is 10.0. The highest BCUT2D eigenvalue weighted by Crippen LogP contribution is 2.30. The molecule has 0 fully saturated rings. The van der Waals surface area contributed by atoms with Gasteiger partial charge in [-0.05, 0) is 54.4 Å². The lowest BCUT2D eigenvalue weighted by Crippen LogP contribution is -2.18. The predicted molar refractivity (Wildman–Crippen MR) is 83.3 cm³/mol.